The lowest BCUT2D eigenvalue weighted by Crippen LogP contribution is -2.22. The lowest BCUT2D eigenvalue weighted by Gasteiger charge is -2.14. The highest BCUT2D eigenvalue weighted by molar-refractivity contribution is 5.50. The molecule has 2 heterocycles. The number of hydrogen-bond donors (Lipinski definition) is 0. The van der Waals surface area contributed by atoms with Crippen molar-refractivity contribution in [3.05, 3.63) is 34.6 Å². The van der Waals surface area contributed by atoms with Crippen LogP contribution in [0.3, 0.4) is 0 Å². The molecule has 21 heavy (non-hydrogen) atoms. The quantitative estimate of drug-likeness (QED) is 0.821. The Morgan fingerprint density at radius 2 is 2.00 bits per heavy atom. The van der Waals surface area contributed by atoms with Gasteiger partial charge in [-0.1, -0.05) is 26.7 Å². The molecule has 0 aliphatic rings. The zero-order chi connectivity index (χ0) is 15.4. The molecular formula is C14H17F2N3O2. The Morgan fingerprint density at radius 3 is 2.52 bits per heavy atom. The molecule has 2 aromatic heterocycles. The fourth-order valence-corrected chi connectivity index (χ4v) is 2.06. The van der Waals surface area contributed by atoms with E-state index in [1.165, 1.54) is 6.07 Å². The van der Waals surface area contributed by atoms with Gasteiger partial charge in [0.25, 0.3) is 11.4 Å². The van der Waals surface area contributed by atoms with Gasteiger partial charge in [-0.2, -0.15) is 8.78 Å². The summed E-state index contributed by atoms with van der Waals surface area (Å²) >= 11 is 0. The van der Waals surface area contributed by atoms with E-state index in [9.17, 15) is 13.6 Å². The second kappa shape index (κ2) is 6.60. The molecule has 7 heteroatoms. The monoisotopic (exact) mass is 297 g/mol. The van der Waals surface area contributed by atoms with Gasteiger partial charge in [0.05, 0.1) is 0 Å². The fourth-order valence-electron chi connectivity index (χ4n) is 2.06. The largest absolute Gasteiger partial charge is 0.415 e. The van der Waals surface area contributed by atoms with Crippen molar-refractivity contribution in [1.82, 2.24) is 14.8 Å². The molecule has 0 atom stereocenters. The van der Waals surface area contributed by atoms with Gasteiger partial charge in [-0.05, 0) is 12.0 Å². The van der Waals surface area contributed by atoms with E-state index in [2.05, 4.69) is 24.0 Å². The van der Waals surface area contributed by atoms with Gasteiger partial charge in [0, 0.05) is 24.4 Å². The highest BCUT2D eigenvalue weighted by Crippen LogP contribution is 2.22. The van der Waals surface area contributed by atoms with E-state index < -0.39 is 12.3 Å². The van der Waals surface area contributed by atoms with Crippen molar-refractivity contribution in [1.29, 1.82) is 0 Å². The van der Waals surface area contributed by atoms with E-state index >= 15 is 0 Å². The number of pyridine rings is 1. The van der Waals surface area contributed by atoms with Crippen LogP contribution in [0.1, 0.15) is 39.0 Å². The van der Waals surface area contributed by atoms with Crippen molar-refractivity contribution >= 4 is 0 Å². The summed E-state index contributed by atoms with van der Waals surface area (Å²) in [6.07, 6.45) is 0.793. The molecule has 0 fully saturated rings. The molecule has 0 unspecified atom stereocenters. The first kappa shape index (κ1) is 15.3. The number of halogens is 2. The minimum absolute atomic E-state index is 0.0721. The second-order valence-electron chi connectivity index (χ2n) is 4.83. The summed E-state index contributed by atoms with van der Waals surface area (Å²) < 4.78 is 31.2. The summed E-state index contributed by atoms with van der Waals surface area (Å²) in [5.41, 5.74) is 0.136. The summed E-state index contributed by atoms with van der Waals surface area (Å²) in [4.78, 5) is 12.0. The van der Waals surface area contributed by atoms with Crippen molar-refractivity contribution in [3.8, 4) is 11.5 Å². The van der Waals surface area contributed by atoms with E-state index in [-0.39, 0.29) is 11.4 Å². The lowest BCUT2D eigenvalue weighted by molar-refractivity contribution is 0.116. The van der Waals surface area contributed by atoms with Crippen molar-refractivity contribution in [2.24, 2.45) is 5.92 Å². The lowest BCUT2D eigenvalue weighted by atomic mass is 10.0. The predicted molar refractivity (Wildman–Crippen MR) is 73.0 cm³/mol. The zero-order valence-corrected chi connectivity index (χ0v) is 11.9. The Hall–Kier alpha value is -2.05. The number of rotatable bonds is 6. The zero-order valence-electron chi connectivity index (χ0n) is 11.9. The summed E-state index contributed by atoms with van der Waals surface area (Å²) in [5, 5.41) is 6.77. The van der Waals surface area contributed by atoms with Crippen molar-refractivity contribution < 1.29 is 13.2 Å². The first-order valence-electron chi connectivity index (χ1n) is 6.87. The minimum Gasteiger partial charge on any atom is -0.415 e. The van der Waals surface area contributed by atoms with Gasteiger partial charge in [0.15, 0.2) is 0 Å². The van der Waals surface area contributed by atoms with Gasteiger partial charge in [-0.15, -0.1) is 10.2 Å². The summed E-state index contributed by atoms with van der Waals surface area (Å²) in [7, 11) is 0. The van der Waals surface area contributed by atoms with Crippen LogP contribution in [0.25, 0.3) is 11.5 Å². The molecule has 0 amide bonds. The van der Waals surface area contributed by atoms with E-state index in [1.807, 2.05) is 0 Å². The first-order valence-corrected chi connectivity index (χ1v) is 6.87. The maximum absolute atomic E-state index is 12.4. The Morgan fingerprint density at radius 1 is 1.29 bits per heavy atom. The molecule has 0 spiro atoms. The molecule has 0 saturated heterocycles. The average molecular weight is 297 g/mol. The van der Waals surface area contributed by atoms with Crippen LogP contribution in [0, 0.1) is 5.92 Å². The van der Waals surface area contributed by atoms with E-state index in [4.69, 9.17) is 4.42 Å². The second-order valence-corrected chi connectivity index (χ2v) is 4.83. The molecule has 0 radical (unpaired) electrons. The maximum Gasteiger partial charge on any atom is 0.314 e. The van der Waals surface area contributed by atoms with Crippen LogP contribution in [-0.2, 0) is 6.54 Å². The SMILES string of the molecule is CCC(CC)Cn1ccc(-c2nnc(C(F)F)o2)cc1=O. The summed E-state index contributed by atoms with van der Waals surface area (Å²) in [6, 6.07) is 2.94. The third-order valence-corrected chi connectivity index (χ3v) is 3.48. The van der Waals surface area contributed by atoms with Gasteiger partial charge in [-0.3, -0.25) is 4.79 Å². The molecule has 0 N–H and O–H groups in total. The smallest absolute Gasteiger partial charge is 0.314 e. The predicted octanol–water partition coefficient (Wildman–Crippen LogP) is 3.27. The number of aromatic nitrogens is 3. The Labute approximate surface area is 120 Å². The third kappa shape index (κ3) is 3.53. The highest BCUT2D eigenvalue weighted by atomic mass is 19.3. The van der Waals surface area contributed by atoms with Crippen molar-refractivity contribution in [2.45, 2.75) is 39.7 Å². The van der Waals surface area contributed by atoms with Gasteiger partial charge in [0.1, 0.15) is 0 Å². The van der Waals surface area contributed by atoms with E-state index in [1.54, 1.807) is 16.8 Å². The van der Waals surface area contributed by atoms with Crippen molar-refractivity contribution in [2.75, 3.05) is 0 Å². The Kier molecular flexibility index (Phi) is 4.82. The molecule has 0 aromatic carbocycles. The van der Waals surface area contributed by atoms with Gasteiger partial charge in [-0.25, -0.2) is 0 Å². The van der Waals surface area contributed by atoms with Crippen LogP contribution in [0.2, 0.25) is 0 Å². The Balaban J connectivity index is 2.24. The highest BCUT2D eigenvalue weighted by Gasteiger charge is 2.17. The topological polar surface area (TPSA) is 60.9 Å². The molecule has 0 aliphatic heterocycles. The molecule has 114 valence electrons. The third-order valence-electron chi connectivity index (χ3n) is 3.48. The molecule has 2 aromatic rings. The van der Waals surface area contributed by atoms with Crippen LogP contribution >= 0.6 is 0 Å². The standard InChI is InChI=1S/C14H17F2N3O2/c1-3-9(4-2)8-19-6-5-10(7-11(19)20)13-17-18-14(21-13)12(15)16/h5-7,9,12H,3-4,8H2,1-2H3. The molecule has 5 nitrogen and oxygen atoms in total. The van der Waals surface area contributed by atoms with Crippen LogP contribution < -0.4 is 5.56 Å². The normalized spacial score (nSPS) is 11.5. The van der Waals surface area contributed by atoms with Crippen LogP contribution in [-0.4, -0.2) is 14.8 Å². The number of hydrogen-bond acceptors (Lipinski definition) is 4. The minimum atomic E-state index is -2.82. The van der Waals surface area contributed by atoms with Gasteiger partial charge >= 0.3 is 6.43 Å². The Bertz CT molecular complexity index is 648. The average Bonchev–Trinajstić information content (AvgIpc) is 2.96. The van der Waals surface area contributed by atoms with Crippen LogP contribution in [0.15, 0.2) is 27.5 Å². The number of alkyl halides is 2. The summed E-state index contributed by atoms with van der Waals surface area (Å²) in [6.45, 7) is 4.80. The molecule has 0 bridgehead atoms. The summed E-state index contributed by atoms with van der Waals surface area (Å²) in [5.74, 6) is -0.384. The van der Waals surface area contributed by atoms with E-state index in [0.29, 0.717) is 18.0 Å². The maximum atomic E-state index is 12.4. The van der Waals surface area contributed by atoms with Crippen molar-refractivity contribution in [3.63, 3.8) is 0 Å². The van der Waals surface area contributed by atoms with Gasteiger partial charge < -0.3 is 8.98 Å². The van der Waals surface area contributed by atoms with Gasteiger partial charge in [0.2, 0.25) is 5.89 Å². The molecular weight excluding hydrogens is 280 g/mol. The molecule has 0 saturated carbocycles. The van der Waals surface area contributed by atoms with Crippen LogP contribution in [0.5, 0.6) is 0 Å². The molecule has 0 aliphatic carbocycles. The fraction of sp³-hybridized carbons (Fsp3) is 0.500. The van der Waals surface area contributed by atoms with E-state index in [0.717, 1.165) is 12.8 Å². The first-order chi connectivity index (χ1) is 10.0. The number of nitrogens with zero attached hydrogens (tertiary/aromatic N) is 3. The van der Waals surface area contributed by atoms with Crippen LogP contribution in [0.4, 0.5) is 8.78 Å². The molecule has 2 rings (SSSR count).